The third-order valence-corrected chi connectivity index (χ3v) is 3.22. The van der Waals surface area contributed by atoms with Crippen LogP contribution in [0.25, 0.3) is 6.08 Å². The lowest BCUT2D eigenvalue weighted by Gasteiger charge is -2.01. The van der Waals surface area contributed by atoms with E-state index in [4.69, 9.17) is 9.52 Å². The molecule has 1 aromatic heterocycles. The number of furan rings is 1. The van der Waals surface area contributed by atoms with Crippen LogP contribution in [-0.4, -0.2) is 35.7 Å². The Morgan fingerprint density at radius 3 is 3.00 bits per heavy atom. The highest BCUT2D eigenvalue weighted by Crippen LogP contribution is 2.07. The van der Waals surface area contributed by atoms with Crippen LogP contribution in [0.15, 0.2) is 22.6 Å². The molecule has 0 spiro atoms. The fourth-order valence-electron chi connectivity index (χ4n) is 1.27. The Balaban J connectivity index is 2.12. The Hall–Kier alpha value is -1.20. The average Bonchev–Trinajstić information content (AvgIpc) is 2.77. The van der Waals surface area contributed by atoms with E-state index in [1.54, 1.807) is 17.8 Å². The van der Waals surface area contributed by atoms with Gasteiger partial charge in [0.2, 0.25) is 5.91 Å². The lowest BCUT2D eigenvalue weighted by Crippen LogP contribution is -2.23. The van der Waals surface area contributed by atoms with Crippen molar-refractivity contribution in [2.75, 3.05) is 24.7 Å². The second-order valence-corrected chi connectivity index (χ2v) is 4.99. The number of hydrogen-bond acceptors (Lipinski definition) is 4. The number of nitrogens with one attached hydrogen (secondary N) is 1. The minimum atomic E-state index is -0.119. The summed E-state index contributed by atoms with van der Waals surface area (Å²) in [6, 6.07) is 3.68. The van der Waals surface area contributed by atoms with Crippen molar-refractivity contribution in [3.05, 3.63) is 29.7 Å². The van der Waals surface area contributed by atoms with Gasteiger partial charge in [-0.3, -0.25) is 4.79 Å². The molecule has 0 aliphatic rings. The molecule has 18 heavy (non-hydrogen) atoms. The van der Waals surface area contributed by atoms with E-state index in [9.17, 15) is 4.79 Å². The molecule has 100 valence electrons. The van der Waals surface area contributed by atoms with Gasteiger partial charge in [0.25, 0.3) is 0 Å². The smallest absolute Gasteiger partial charge is 0.244 e. The van der Waals surface area contributed by atoms with Crippen molar-refractivity contribution in [2.45, 2.75) is 13.3 Å². The van der Waals surface area contributed by atoms with Crippen molar-refractivity contribution < 1.29 is 14.3 Å². The molecule has 0 aliphatic heterocycles. The van der Waals surface area contributed by atoms with Crippen molar-refractivity contribution in [2.24, 2.45) is 0 Å². The quantitative estimate of drug-likeness (QED) is 0.558. The van der Waals surface area contributed by atoms with Gasteiger partial charge in [-0.25, -0.2) is 0 Å². The molecule has 0 radical (unpaired) electrons. The van der Waals surface area contributed by atoms with Crippen LogP contribution >= 0.6 is 11.8 Å². The fourth-order valence-corrected chi connectivity index (χ4v) is 2.06. The van der Waals surface area contributed by atoms with Crippen LogP contribution in [0.3, 0.4) is 0 Å². The topological polar surface area (TPSA) is 62.5 Å². The predicted molar refractivity (Wildman–Crippen MR) is 74.5 cm³/mol. The van der Waals surface area contributed by atoms with E-state index in [1.165, 1.54) is 6.08 Å². The van der Waals surface area contributed by atoms with E-state index in [0.29, 0.717) is 12.3 Å². The van der Waals surface area contributed by atoms with Crippen LogP contribution in [0, 0.1) is 6.92 Å². The van der Waals surface area contributed by atoms with Crippen LogP contribution in [0.1, 0.15) is 17.9 Å². The van der Waals surface area contributed by atoms with Crippen LogP contribution in [0.2, 0.25) is 0 Å². The summed E-state index contributed by atoms with van der Waals surface area (Å²) in [4.78, 5) is 11.4. The molecular weight excluding hydrogens is 250 g/mol. The second kappa shape index (κ2) is 8.83. The molecule has 0 fully saturated rings. The van der Waals surface area contributed by atoms with E-state index in [1.807, 2.05) is 19.1 Å². The molecule has 1 amide bonds. The summed E-state index contributed by atoms with van der Waals surface area (Å²) in [6.45, 7) is 2.72. The van der Waals surface area contributed by atoms with E-state index >= 15 is 0 Å². The molecule has 0 unspecified atom stereocenters. The third-order valence-electron chi connectivity index (χ3n) is 2.15. The number of aliphatic hydroxyl groups excluding tert-OH is 1. The van der Waals surface area contributed by atoms with Crippen molar-refractivity contribution in [1.82, 2.24) is 5.32 Å². The van der Waals surface area contributed by atoms with Gasteiger partial charge in [0, 0.05) is 25.0 Å². The molecule has 4 nitrogen and oxygen atoms in total. The number of aryl methyl sites for hydroxylation is 1. The van der Waals surface area contributed by atoms with Crippen molar-refractivity contribution >= 4 is 23.7 Å². The zero-order chi connectivity index (χ0) is 13.2. The van der Waals surface area contributed by atoms with E-state index in [-0.39, 0.29) is 12.5 Å². The number of thioether (sulfide) groups is 1. The molecular formula is C13H19NO3S. The molecule has 0 aliphatic carbocycles. The zero-order valence-electron chi connectivity index (χ0n) is 10.5. The maximum Gasteiger partial charge on any atom is 0.244 e. The Kier molecular flexibility index (Phi) is 7.29. The fraction of sp³-hybridized carbons (Fsp3) is 0.462. The second-order valence-electron chi connectivity index (χ2n) is 3.76. The highest BCUT2D eigenvalue weighted by Gasteiger charge is 1.97. The molecule has 0 bridgehead atoms. The minimum Gasteiger partial charge on any atom is -0.462 e. The first kappa shape index (κ1) is 14.9. The number of hydrogen-bond donors (Lipinski definition) is 2. The molecule has 0 atom stereocenters. The van der Waals surface area contributed by atoms with Crippen molar-refractivity contribution in [1.29, 1.82) is 0 Å². The molecule has 0 aromatic carbocycles. The van der Waals surface area contributed by atoms with Gasteiger partial charge in [-0.1, -0.05) is 0 Å². The number of amides is 1. The van der Waals surface area contributed by atoms with Gasteiger partial charge >= 0.3 is 0 Å². The Labute approximate surface area is 111 Å². The summed E-state index contributed by atoms with van der Waals surface area (Å²) in [7, 11) is 0. The summed E-state index contributed by atoms with van der Waals surface area (Å²) >= 11 is 1.72. The third kappa shape index (κ3) is 6.51. The highest BCUT2D eigenvalue weighted by atomic mass is 32.2. The zero-order valence-corrected chi connectivity index (χ0v) is 11.3. The van der Waals surface area contributed by atoms with Gasteiger partial charge in [0.05, 0.1) is 0 Å². The standard InChI is InChI=1S/C13H19NO3S/c1-11-3-4-12(17-11)5-6-13(16)14-7-10-18-9-2-8-15/h3-6,15H,2,7-10H2,1H3,(H,14,16)/b6-5+. The van der Waals surface area contributed by atoms with E-state index in [0.717, 1.165) is 23.7 Å². The van der Waals surface area contributed by atoms with Gasteiger partial charge in [0.15, 0.2) is 0 Å². The molecule has 2 N–H and O–H groups in total. The van der Waals surface area contributed by atoms with Crippen LogP contribution < -0.4 is 5.32 Å². The minimum absolute atomic E-state index is 0.119. The summed E-state index contributed by atoms with van der Waals surface area (Å²) in [5, 5.41) is 11.4. The number of carbonyl (C=O) groups excluding carboxylic acids is 1. The SMILES string of the molecule is Cc1ccc(/C=C/C(=O)NCCSCCCO)o1. The van der Waals surface area contributed by atoms with Gasteiger partial charge in [-0.2, -0.15) is 11.8 Å². The summed E-state index contributed by atoms with van der Waals surface area (Å²) in [5.41, 5.74) is 0. The van der Waals surface area contributed by atoms with Gasteiger partial charge in [-0.05, 0) is 37.3 Å². The first-order valence-electron chi connectivity index (χ1n) is 5.93. The monoisotopic (exact) mass is 269 g/mol. The molecule has 0 saturated carbocycles. The van der Waals surface area contributed by atoms with E-state index in [2.05, 4.69) is 5.32 Å². The van der Waals surface area contributed by atoms with Gasteiger partial charge in [0.1, 0.15) is 11.5 Å². The van der Waals surface area contributed by atoms with Crippen LogP contribution in [0.5, 0.6) is 0 Å². The summed E-state index contributed by atoms with van der Waals surface area (Å²) in [6.07, 6.45) is 3.92. The Bertz CT molecular complexity index is 387. The highest BCUT2D eigenvalue weighted by molar-refractivity contribution is 7.99. The molecule has 5 heteroatoms. The number of rotatable bonds is 8. The lowest BCUT2D eigenvalue weighted by molar-refractivity contribution is -0.116. The van der Waals surface area contributed by atoms with E-state index < -0.39 is 0 Å². The molecule has 1 heterocycles. The van der Waals surface area contributed by atoms with Crippen molar-refractivity contribution in [3.8, 4) is 0 Å². The summed E-state index contributed by atoms with van der Waals surface area (Å²) in [5.74, 6) is 3.18. The average molecular weight is 269 g/mol. The molecule has 1 aromatic rings. The number of aliphatic hydroxyl groups is 1. The lowest BCUT2D eigenvalue weighted by atomic mass is 10.4. The van der Waals surface area contributed by atoms with Crippen LogP contribution in [0.4, 0.5) is 0 Å². The number of carbonyl (C=O) groups is 1. The Morgan fingerprint density at radius 2 is 2.33 bits per heavy atom. The predicted octanol–water partition coefficient (Wildman–Crippen LogP) is 1.83. The summed E-state index contributed by atoms with van der Waals surface area (Å²) < 4.78 is 5.31. The Morgan fingerprint density at radius 1 is 1.50 bits per heavy atom. The maximum atomic E-state index is 11.4. The largest absolute Gasteiger partial charge is 0.462 e. The van der Waals surface area contributed by atoms with Gasteiger partial charge in [-0.15, -0.1) is 0 Å². The first-order chi connectivity index (χ1) is 8.72. The normalized spacial score (nSPS) is 11.0. The maximum absolute atomic E-state index is 11.4. The van der Waals surface area contributed by atoms with Crippen LogP contribution in [-0.2, 0) is 4.79 Å². The van der Waals surface area contributed by atoms with Crippen molar-refractivity contribution in [3.63, 3.8) is 0 Å². The molecule has 1 rings (SSSR count). The molecule has 0 saturated heterocycles. The first-order valence-corrected chi connectivity index (χ1v) is 7.09. The van der Waals surface area contributed by atoms with Gasteiger partial charge < -0.3 is 14.8 Å².